The Bertz CT molecular complexity index is 220. The predicted octanol–water partition coefficient (Wildman–Crippen LogP) is 0.684. The normalized spacial score (nSPS) is 31.7. The summed E-state index contributed by atoms with van der Waals surface area (Å²) in [5.74, 6) is -1.19. The van der Waals surface area contributed by atoms with E-state index >= 15 is 0 Å². The molecule has 0 amide bonds. The van der Waals surface area contributed by atoms with Gasteiger partial charge in [0.15, 0.2) is 29.6 Å². The molecule has 1 heterocycles. The molecule has 0 bridgehead atoms. The first kappa shape index (κ1) is 10.3. The van der Waals surface area contributed by atoms with E-state index in [4.69, 9.17) is 9.47 Å². The molecule has 2 atom stereocenters. The fraction of sp³-hybridized carbons (Fsp3) is 0.778. The molecule has 4 heteroatoms. The van der Waals surface area contributed by atoms with E-state index in [9.17, 15) is 9.59 Å². The van der Waals surface area contributed by atoms with Gasteiger partial charge in [-0.25, -0.2) is 0 Å². The Kier molecular flexibility index (Phi) is 2.54. The van der Waals surface area contributed by atoms with Crippen molar-refractivity contribution < 1.29 is 19.1 Å². The predicted molar refractivity (Wildman–Crippen MR) is 45.2 cm³/mol. The molecule has 0 aliphatic carbocycles. The number of rotatable bonds is 2. The average Bonchev–Trinajstić information content (AvgIpc) is 2.26. The molecule has 0 spiro atoms. The standard InChI is InChI=1S/C9H14O4/c1-5(10)7-8(6(2)11)13-9(3,4)12-7/h7-8H,1-4H3/t7-,8?/m1/s1. The monoisotopic (exact) mass is 186 g/mol. The number of Topliss-reactive ketones (excluding diaryl/α,β-unsaturated/α-hetero) is 2. The first-order chi connectivity index (χ1) is 5.83. The van der Waals surface area contributed by atoms with Crippen LogP contribution in [0.15, 0.2) is 0 Å². The molecule has 1 unspecified atom stereocenters. The molecule has 1 rings (SSSR count). The molecule has 0 radical (unpaired) electrons. The van der Waals surface area contributed by atoms with E-state index in [1.54, 1.807) is 13.8 Å². The third-order valence-electron chi connectivity index (χ3n) is 1.90. The van der Waals surface area contributed by atoms with Gasteiger partial charge in [0.05, 0.1) is 0 Å². The van der Waals surface area contributed by atoms with Crippen molar-refractivity contribution in [1.82, 2.24) is 0 Å². The summed E-state index contributed by atoms with van der Waals surface area (Å²) in [6.07, 6.45) is -1.49. The molecular weight excluding hydrogens is 172 g/mol. The molecule has 1 aliphatic rings. The third kappa shape index (κ3) is 2.14. The smallest absolute Gasteiger partial charge is 0.165 e. The summed E-state index contributed by atoms with van der Waals surface area (Å²) in [4.78, 5) is 22.2. The molecule has 13 heavy (non-hydrogen) atoms. The van der Waals surface area contributed by atoms with Crippen molar-refractivity contribution in [3.8, 4) is 0 Å². The van der Waals surface area contributed by atoms with E-state index in [2.05, 4.69) is 0 Å². The van der Waals surface area contributed by atoms with Crippen LogP contribution in [0.5, 0.6) is 0 Å². The van der Waals surface area contributed by atoms with Gasteiger partial charge in [-0.15, -0.1) is 0 Å². The van der Waals surface area contributed by atoms with Crippen molar-refractivity contribution in [1.29, 1.82) is 0 Å². The van der Waals surface area contributed by atoms with Gasteiger partial charge in [0.25, 0.3) is 0 Å². The Morgan fingerprint density at radius 1 is 1.00 bits per heavy atom. The highest BCUT2D eigenvalue weighted by molar-refractivity contribution is 5.91. The van der Waals surface area contributed by atoms with Crippen LogP contribution in [0.2, 0.25) is 0 Å². The summed E-state index contributed by atoms with van der Waals surface area (Å²) in [5, 5.41) is 0. The lowest BCUT2D eigenvalue weighted by atomic mass is 10.1. The molecule has 1 aliphatic heterocycles. The fourth-order valence-electron chi connectivity index (χ4n) is 1.36. The number of hydrogen-bond donors (Lipinski definition) is 0. The zero-order valence-electron chi connectivity index (χ0n) is 8.29. The lowest BCUT2D eigenvalue weighted by Gasteiger charge is -2.15. The minimum atomic E-state index is -0.841. The van der Waals surface area contributed by atoms with Crippen LogP contribution in [0.25, 0.3) is 0 Å². The van der Waals surface area contributed by atoms with Crippen molar-refractivity contribution in [2.24, 2.45) is 0 Å². The summed E-state index contributed by atoms with van der Waals surface area (Å²) in [5.41, 5.74) is 0. The Labute approximate surface area is 77.2 Å². The van der Waals surface area contributed by atoms with E-state index in [0.717, 1.165) is 0 Å². The zero-order chi connectivity index (χ0) is 10.2. The summed E-state index contributed by atoms with van der Waals surface area (Å²) in [6.45, 7) is 6.16. The summed E-state index contributed by atoms with van der Waals surface area (Å²) < 4.78 is 10.6. The third-order valence-corrected chi connectivity index (χ3v) is 1.90. The Balaban J connectivity index is 2.83. The Hall–Kier alpha value is -0.740. The summed E-state index contributed by atoms with van der Waals surface area (Å²) in [7, 11) is 0. The highest BCUT2D eigenvalue weighted by atomic mass is 16.8. The van der Waals surface area contributed by atoms with Crippen molar-refractivity contribution in [2.45, 2.75) is 45.7 Å². The van der Waals surface area contributed by atoms with E-state index in [1.165, 1.54) is 13.8 Å². The number of ketones is 2. The lowest BCUT2D eigenvalue weighted by Crippen LogP contribution is -2.34. The molecule has 0 saturated carbocycles. The van der Waals surface area contributed by atoms with Crippen LogP contribution in [0.3, 0.4) is 0 Å². The summed E-state index contributed by atoms with van der Waals surface area (Å²) in [6, 6.07) is 0. The van der Waals surface area contributed by atoms with Gasteiger partial charge in [0.1, 0.15) is 0 Å². The number of ether oxygens (including phenoxy) is 2. The van der Waals surface area contributed by atoms with Crippen LogP contribution in [-0.2, 0) is 19.1 Å². The zero-order valence-corrected chi connectivity index (χ0v) is 8.29. The topological polar surface area (TPSA) is 52.6 Å². The molecule has 1 fully saturated rings. The van der Waals surface area contributed by atoms with Crippen molar-refractivity contribution in [3.05, 3.63) is 0 Å². The minimum Gasteiger partial charge on any atom is -0.336 e. The van der Waals surface area contributed by atoms with E-state index in [0.29, 0.717) is 0 Å². The highest BCUT2D eigenvalue weighted by Crippen LogP contribution is 2.28. The van der Waals surface area contributed by atoms with Gasteiger partial charge in [0.2, 0.25) is 0 Å². The highest BCUT2D eigenvalue weighted by Gasteiger charge is 2.45. The Morgan fingerprint density at radius 2 is 1.31 bits per heavy atom. The molecule has 74 valence electrons. The number of carbonyl (C=O) groups is 2. The molecule has 1 saturated heterocycles. The van der Waals surface area contributed by atoms with E-state index in [-0.39, 0.29) is 11.6 Å². The van der Waals surface area contributed by atoms with Gasteiger partial charge < -0.3 is 9.47 Å². The molecule has 4 nitrogen and oxygen atoms in total. The van der Waals surface area contributed by atoms with Gasteiger partial charge in [-0.1, -0.05) is 0 Å². The first-order valence-corrected chi connectivity index (χ1v) is 4.20. The number of hydrogen-bond acceptors (Lipinski definition) is 4. The molecule has 0 aromatic heterocycles. The van der Waals surface area contributed by atoms with Crippen molar-refractivity contribution in [3.63, 3.8) is 0 Å². The number of carbonyl (C=O) groups excluding carboxylic acids is 2. The van der Waals surface area contributed by atoms with Crippen LogP contribution < -0.4 is 0 Å². The van der Waals surface area contributed by atoms with Crippen LogP contribution in [0.4, 0.5) is 0 Å². The first-order valence-electron chi connectivity index (χ1n) is 4.20. The molecular formula is C9H14O4. The van der Waals surface area contributed by atoms with Gasteiger partial charge in [-0.05, 0) is 27.7 Å². The van der Waals surface area contributed by atoms with Gasteiger partial charge in [-0.3, -0.25) is 9.59 Å². The molecule has 0 aromatic carbocycles. The van der Waals surface area contributed by atoms with E-state index in [1.807, 2.05) is 0 Å². The van der Waals surface area contributed by atoms with Crippen molar-refractivity contribution in [2.75, 3.05) is 0 Å². The van der Waals surface area contributed by atoms with Gasteiger partial charge in [0, 0.05) is 0 Å². The van der Waals surface area contributed by atoms with E-state index < -0.39 is 18.0 Å². The second-order valence-electron chi connectivity index (χ2n) is 3.70. The van der Waals surface area contributed by atoms with Gasteiger partial charge >= 0.3 is 0 Å². The maximum absolute atomic E-state index is 11.1. The largest absolute Gasteiger partial charge is 0.336 e. The van der Waals surface area contributed by atoms with Crippen LogP contribution in [0, 0.1) is 0 Å². The van der Waals surface area contributed by atoms with Crippen molar-refractivity contribution >= 4 is 11.6 Å². The van der Waals surface area contributed by atoms with Gasteiger partial charge in [-0.2, -0.15) is 0 Å². The molecule has 0 N–H and O–H groups in total. The second-order valence-corrected chi connectivity index (χ2v) is 3.70. The fourth-order valence-corrected chi connectivity index (χ4v) is 1.36. The van der Waals surface area contributed by atoms with Crippen LogP contribution >= 0.6 is 0 Å². The Morgan fingerprint density at radius 3 is 1.54 bits per heavy atom. The summed E-state index contributed by atoms with van der Waals surface area (Å²) >= 11 is 0. The SMILES string of the molecule is CC(=O)C1OC(C)(C)O[C@@H]1C(C)=O. The maximum Gasteiger partial charge on any atom is 0.165 e. The quantitative estimate of drug-likeness (QED) is 0.636. The lowest BCUT2D eigenvalue weighted by molar-refractivity contribution is -0.157. The van der Waals surface area contributed by atoms with Crippen LogP contribution in [0.1, 0.15) is 27.7 Å². The van der Waals surface area contributed by atoms with Crippen LogP contribution in [-0.4, -0.2) is 29.6 Å². The minimum absolute atomic E-state index is 0.175. The maximum atomic E-state index is 11.1. The molecule has 0 aromatic rings. The second kappa shape index (κ2) is 3.20. The average molecular weight is 186 g/mol.